The smallest absolute Gasteiger partial charge is 0.251 e. The minimum atomic E-state index is -0.0326. The largest absolute Gasteiger partial charge is 0.310 e. The van der Waals surface area contributed by atoms with Gasteiger partial charge in [0, 0.05) is 12.0 Å². The number of hydrogen-bond donors (Lipinski definition) is 2. The van der Waals surface area contributed by atoms with E-state index in [1.165, 1.54) is 12.8 Å². The normalized spacial score (nSPS) is 15.8. The monoisotopic (exact) mass is 193 g/mol. The van der Waals surface area contributed by atoms with Crippen LogP contribution in [0.1, 0.15) is 37.2 Å². The predicted octanol–water partition coefficient (Wildman–Crippen LogP) is 0.757. The van der Waals surface area contributed by atoms with E-state index < -0.39 is 0 Å². The molecule has 1 aliphatic carbocycles. The van der Waals surface area contributed by atoms with E-state index in [0.29, 0.717) is 12.5 Å². The van der Waals surface area contributed by atoms with E-state index in [1.807, 2.05) is 6.92 Å². The topological polar surface area (TPSA) is 57.8 Å². The van der Waals surface area contributed by atoms with Crippen molar-refractivity contribution >= 4 is 0 Å². The van der Waals surface area contributed by atoms with Crippen LogP contribution in [-0.2, 0) is 6.54 Å². The lowest BCUT2D eigenvalue weighted by atomic mass is 10.3. The average molecular weight is 193 g/mol. The first-order chi connectivity index (χ1) is 6.79. The number of nitrogens with one attached hydrogen (secondary N) is 2. The summed E-state index contributed by atoms with van der Waals surface area (Å²) < 4.78 is 0. The van der Waals surface area contributed by atoms with Crippen molar-refractivity contribution in [3.63, 3.8) is 0 Å². The lowest BCUT2D eigenvalue weighted by molar-refractivity contribution is 0.681. The van der Waals surface area contributed by atoms with Crippen LogP contribution in [0.3, 0.4) is 0 Å². The van der Waals surface area contributed by atoms with Gasteiger partial charge in [-0.1, -0.05) is 6.92 Å². The van der Waals surface area contributed by atoms with Crippen LogP contribution in [0.15, 0.2) is 10.9 Å². The van der Waals surface area contributed by atoms with E-state index in [9.17, 15) is 4.79 Å². The zero-order chi connectivity index (χ0) is 9.97. The summed E-state index contributed by atoms with van der Waals surface area (Å²) in [5.41, 5.74) is 0.927. The highest BCUT2D eigenvalue weighted by Crippen LogP contribution is 2.38. The van der Waals surface area contributed by atoms with Gasteiger partial charge in [-0.3, -0.25) is 4.79 Å². The first-order valence-electron chi connectivity index (χ1n) is 5.10. The molecular weight excluding hydrogens is 178 g/mol. The molecule has 14 heavy (non-hydrogen) atoms. The van der Waals surface area contributed by atoms with E-state index in [0.717, 1.165) is 18.1 Å². The van der Waals surface area contributed by atoms with E-state index >= 15 is 0 Å². The summed E-state index contributed by atoms with van der Waals surface area (Å²) in [6.07, 6.45) is 2.36. The van der Waals surface area contributed by atoms with E-state index in [-0.39, 0.29) is 5.56 Å². The second-order valence-electron chi connectivity index (χ2n) is 3.67. The highest BCUT2D eigenvalue weighted by atomic mass is 16.1. The van der Waals surface area contributed by atoms with E-state index in [4.69, 9.17) is 0 Å². The molecule has 1 saturated carbocycles. The van der Waals surface area contributed by atoms with Crippen LogP contribution >= 0.6 is 0 Å². The predicted molar refractivity (Wildman–Crippen MR) is 54.2 cm³/mol. The highest BCUT2D eigenvalue weighted by Gasteiger charge is 2.25. The van der Waals surface area contributed by atoms with Crippen molar-refractivity contribution in [2.75, 3.05) is 6.54 Å². The Morgan fingerprint density at radius 3 is 3.07 bits per heavy atom. The minimum absolute atomic E-state index is 0.0326. The van der Waals surface area contributed by atoms with Crippen LogP contribution in [0.4, 0.5) is 0 Å². The Morgan fingerprint density at radius 1 is 1.64 bits per heavy atom. The maximum Gasteiger partial charge on any atom is 0.251 e. The highest BCUT2D eigenvalue weighted by molar-refractivity contribution is 5.14. The van der Waals surface area contributed by atoms with Gasteiger partial charge >= 0.3 is 0 Å². The number of hydrogen-bond acceptors (Lipinski definition) is 3. The number of aromatic amines is 1. The van der Waals surface area contributed by atoms with Gasteiger partial charge in [-0.25, -0.2) is 4.98 Å². The summed E-state index contributed by atoms with van der Waals surface area (Å²) in [6, 6.07) is 1.62. The Hall–Kier alpha value is -1.16. The number of rotatable bonds is 4. The molecule has 76 valence electrons. The molecule has 1 aliphatic rings. The molecule has 0 atom stereocenters. The summed E-state index contributed by atoms with van der Waals surface area (Å²) in [5, 5.41) is 3.15. The SMILES string of the molecule is CCNCc1nc(C2CC2)cc(=O)[nH]1. The fourth-order valence-electron chi connectivity index (χ4n) is 1.44. The molecule has 0 aromatic carbocycles. The molecular formula is C10H15N3O. The second kappa shape index (κ2) is 3.92. The van der Waals surface area contributed by atoms with Crippen LogP contribution < -0.4 is 10.9 Å². The number of aromatic nitrogens is 2. The Labute approximate surface area is 82.8 Å². The lowest BCUT2D eigenvalue weighted by Crippen LogP contribution is -2.19. The standard InChI is InChI=1S/C10H15N3O/c1-2-11-6-9-12-8(7-3-4-7)5-10(14)13-9/h5,7,11H,2-4,6H2,1H3,(H,12,13,14). The fourth-order valence-corrected chi connectivity index (χ4v) is 1.44. The molecule has 2 N–H and O–H groups in total. The summed E-state index contributed by atoms with van der Waals surface area (Å²) in [6.45, 7) is 3.56. The van der Waals surface area contributed by atoms with Gasteiger partial charge in [0.15, 0.2) is 0 Å². The van der Waals surface area contributed by atoms with E-state index in [2.05, 4.69) is 15.3 Å². The Kier molecular flexibility index (Phi) is 2.63. The van der Waals surface area contributed by atoms with E-state index in [1.54, 1.807) is 6.07 Å². The fraction of sp³-hybridized carbons (Fsp3) is 0.600. The molecule has 1 aromatic heterocycles. The molecule has 4 heteroatoms. The van der Waals surface area contributed by atoms with Gasteiger partial charge in [0.2, 0.25) is 0 Å². The van der Waals surface area contributed by atoms with Gasteiger partial charge < -0.3 is 10.3 Å². The second-order valence-corrected chi connectivity index (χ2v) is 3.67. The van der Waals surface area contributed by atoms with Gasteiger partial charge in [0.25, 0.3) is 5.56 Å². The van der Waals surface area contributed by atoms with Crippen LogP contribution in [0.2, 0.25) is 0 Å². The van der Waals surface area contributed by atoms with Crippen molar-refractivity contribution in [3.8, 4) is 0 Å². The summed E-state index contributed by atoms with van der Waals surface area (Å²) in [5.74, 6) is 1.29. The molecule has 0 aliphatic heterocycles. The molecule has 0 radical (unpaired) electrons. The molecule has 1 heterocycles. The van der Waals surface area contributed by atoms with Gasteiger partial charge in [0.1, 0.15) is 5.82 Å². The molecule has 4 nitrogen and oxygen atoms in total. The van der Waals surface area contributed by atoms with Crippen molar-refractivity contribution in [2.24, 2.45) is 0 Å². The Bertz CT molecular complexity index is 368. The van der Waals surface area contributed by atoms with Crippen molar-refractivity contribution in [1.82, 2.24) is 15.3 Å². The lowest BCUT2D eigenvalue weighted by Gasteiger charge is -2.03. The zero-order valence-corrected chi connectivity index (χ0v) is 8.34. The van der Waals surface area contributed by atoms with Crippen LogP contribution in [-0.4, -0.2) is 16.5 Å². The van der Waals surface area contributed by atoms with Gasteiger partial charge in [-0.2, -0.15) is 0 Å². The van der Waals surface area contributed by atoms with Crippen molar-refractivity contribution in [2.45, 2.75) is 32.2 Å². The van der Waals surface area contributed by atoms with Crippen LogP contribution in [0, 0.1) is 0 Å². The summed E-state index contributed by atoms with van der Waals surface area (Å²) in [4.78, 5) is 18.4. The maximum absolute atomic E-state index is 11.3. The molecule has 0 unspecified atom stereocenters. The zero-order valence-electron chi connectivity index (χ0n) is 8.34. The minimum Gasteiger partial charge on any atom is -0.310 e. The van der Waals surface area contributed by atoms with Gasteiger partial charge in [0.05, 0.1) is 12.2 Å². The first-order valence-corrected chi connectivity index (χ1v) is 5.10. The summed E-state index contributed by atoms with van der Waals surface area (Å²) in [7, 11) is 0. The third kappa shape index (κ3) is 2.20. The molecule has 0 amide bonds. The Balaban J connectivity index is 2.18. The molecule has 1 aromatic rings. The summed E-state index contributed by atoms with van der Waals surface area (Å²) >= 11 is 0. The molecule has 0 spiro atoms. The number of H-pyrrole nitrogens is 1. The van der Waals surface area contributed by atoms with Gasteiger partial charge in [-0.05, 0) is 19.4 Å². The van der Waals surface area contributed by atoms with Crippen molar-refractivity contribution in [1.29, 1.82) is 0 Å². The quantitative estimate of drug-likeness (QED) is 0.742. The van der Waals surface area contributed by atoms with Crippen molar-refractivity contribution < 1.29 is 0 Å². The molecule has 2 rings (SSSR count). The van der Waals surface area contributed by atoms with Crippen LogP contribution in [0.5, 0.6) is 0 Å². The van der Waals surface area contributed by atoms with Crippen LogP contribution in [0.25, 0.3) is 0 Å². The molecule has 0 bridgehead atoms. The molecule has 1 fully saturated rings. The average Bonchev–Trinajstić information content (AvgIpc) is 2.97. The first kappa shape index (κ1) is 9.40. The third-order valence-corrected chi connectivity index (χ3v) is 2.35. The van der Waals surface area contributed by atoms with Gasteiger partial charge in [-0.15, -0.1) is 0 Å². The number of nitrogens with zero attached hydrogens (tertiary/aromatic N) is 1. The van der Waals surface area contributed by atoms with Crippen molar-refractivity contribution in [3.05, 3.63) is 27.9 Å². The molecule has 0 saturated heterocycles. The Morgan fingerprint density at radius 2 is 2.43 bits per heavy atom. The maximum atomic E-state index is 11.3. The third-order valence-electron chi connectivity index (χ3n) is 2.35.